The molecule has 1 aromatic carbocycles. The average molecular weight is 618 g/mol. The highest BCUT2D eigenvalue weighted by molar-refractivity contribution is 7.46. The molecule has 1 amide bonds. The first-order valence-corrected chi connectivity index (χ1v) is 14.7. The summed E-state index contributed by atoms with van der Waals surface area (Å²) in [6.07, 6.45) is 0.781. The highest BCUT2D eigenvalue weighted by Crippen LogP contribution is 2.38. The predicted octanol–water partition coefficient (Wildman–Crippen LogP) is 5.26. The van der Waals surface area contributed by atoms with E-state index in [4.69, 9.17) is 30.9 Å². The molecule has 218 valence electrons. The van der Waals surface area contributed by atoms with E-state index in [0.717, 1.165) is 17.4 Å². The SMILES string of the molecule is CC(C)Nc1ccc(-c2nnc(-c3cc(F)c(OCC(COP(=O)(O)O)NC(=O)OC(C)(C)C)cc3Cl)s2)cn1. The van der Waals surface area contributed by atoms with E-state index in [2.05, 4.69) is 30.3 Å². The van der Waals surface area contributed by atoms with Crippen molar-refractivity contribution in [3.05, 3.63) is 41.3 Å². The van der Waals surface area contributed by atoms with E-state index in [9.17, 15) is 13.8 Å². The van der Waals surface area contributed by atoms with Gasteiger partial charge in [0.2, 0.25) is 0 Å². The van der Waals surface area contributed by atoms with Crippen LogP contribution in [0.25, 0.3) is 21.1 Å². The number of aromatic nitrogens is 3. The van der Waals surface area contributed by atoms with Gasteiger partial charge >= 0.3 is 13.9 Å². The van der Waals surface area contributed by atoms with Crippen molar-refractivity contribution in [3.8, 4) is 26.9 Å². The van der Waals surface area contributed by atoms with Crippen molar-refractivity contribution in [2.45, 2.75) is 52.3 Å². The van der Waals surface area contributed by atoms with Crippen molar-refractivity contribution in [3.63, 3.8) is 0 Å². The maximum atomic E-state index is 15.0. The molecule has 2 heterocycles. The van der Waals surface area contributed by atoms with Crippen LogP contribution in [0.3, 0.4) is 0 Å². The van der Waals surface area contributed by atoms with Gasteiger partial charge in [0.1, 0.15) is 28.0 Å². The van der Waals surface area contributed by atoms with Crippen LogP contribution in [0.1, 0.15) is 34.6 Å². The third kappa shape index (κ3) is 9.95. The molecule has 0 radical (unpaired) electrons. The summed E-state index contributed by atoms with van der Waals surface area (Å²) in [6, 6.07) is 5.18. The number of ether oxygens (including phenoxy) is 2. The van der Waals surface area contributed by atoms with Gasteiger partial charge in [0.25, 0.3) is 0 Å². The summed E-state index contributed by atoms with van der Waals surface area (Å²) in [7, 11) is -4.85. The molecule has 0 spiro atoms. The number of rotatable bonds is 11. The third-order valence-electron chi connectivity index (χ3n) is 4.73. The minimum Gasteiger partial charge on any atom is -0.488 e. The Morgan fingerprint density at radius 2 is 1.88 bits per heavy atom. The smallest absolute Gasteiger partial charge is 0.469 e. The van der Waals surface area contributed by atoms with E-state index in [1.807, 2.05) is 26.0 Å². The fraction of sp³-hybridized carbons (Fsp3) is 0.417. The lowest BCUT2D eigenvalue weighted by Crippen LogP contribution is -2.44. The van der Waals surface area contributed by atoms with E-state index >= 15 is 0 Å². The number of hydrogen-bond donors (Lipinski definition) is 4. The van der Waals surface area contributed by atoms with E-state index in [1.54, 1.807) is 27.0 Å². The summed E-state index contributed by atoms with van der Waals surface area (Å²) in [5.41, 5.74) is 0.190. The number of amides is 1. The molecular weight excluding hydrogens is 588 g/mol. The van der Waals surface area contributed by atoms with Crippen molar-refractivity contribution in [1.29, 1.82) is 0 Å². The molecule has 0 aliphatic carbocycles. The van der Waals surface area contributed by atoms with Crippen LogP contribution >= 0.6 is 30.8 Å². The Morgan fingerprint density at radius 3 is 2.48 bits per heavy atom. The van der Waals surface area contributed by atoms with Crippen LogP contribution in [0.2, 0.25) is 5.02 Å². The number of carbonyl (C=O) groups is 1. The van der Waals surface area contributed by atoms with E-state index in [-0.39, 0.29) is 22.4 Å². The number of carbonyl (C=O) groups excluding carboxylic acids is 1. The first-order chi connectivity index (χ1) is 18.6. The van der Waals surface area contributed by atoms with Gasteiger partial charge in [-0.1, -0.05) is 22.9 Å². The van der Waals surface area contributed by atoms with Crippen LogP contribution in [-0.4, -0.2) is 62.0 Å². The van der Waals surface area contributed by atoms with E-state index in [0.29, 0.717) is 10.0 Å². The minimum absolute atomic E-state index is 0.122. The van der Waals surface area contributed by atoms with Gasteiger partial charge < -0.3 is 29.9 Å². The van der Waals surface area contributed by atoms with Crippen molar-refractivity contribution < 1.29 is 37.5 Å². The summed E-state index contributed by atoms with van der Waals surface area (Å²) in [5.74, 6) is -0.321. The lowest BCUT2D eigenvalue weighted by Gasteiger charge is -2.24. The highest BCUT2D eigenvalue weighted by Gasteiger charge is 2.24. The Balaban J connectivity index is 1.73. The van der Waals surface area contributed by atoms with Crippen LogP contribution in [0.5, 0.6) is 5.75 Å². The maximum absolute atomic E-state index is 15.0. The van der Waals surface area contributed by atoms with Crippen molar-refractivity contribution in [1.82, 2.24) is 20.5 Å². The number of nitrogens with one attached hydrogen (secondary N) is 2. The second-order valence-corrected chi connectivity index (χ2v) is 12.5. The zero-order valence-electron chi connectivity index (χ0n) is 22.3. The standard InChI is InChI=1S/C24H30ClFN5O7PS/c1-13(2)28-20-7-6-14(10-27-20)21-30-31-22(40-21)16-8-18(26)19(9-17(16)25)36-11-15(12-37-39(33,34)35)29-23(32)38-24(3,4)5/h6-10,13,15H,11-12H2,1-5H3,(H,27,28)(H,29,32)(H2,33,34,35). The Labute approximate surface area is 239 Å². The van der Waals surface area contributed by atoms with Gasteiger partial charge in [0, 0.05) is 29.4 Å². The van der Waals surface area contributed by atoms with Gasteiger partial charge in [-0.2, -0.15) is 0 Å². The van der Waals surface area contributed by atoms with Gasteiger partial charge in [-0.25, -0.2) is 18.7 Å². The second-order valence-electron chi connectivity index (χ2n) is 9.85. The summed E-state index contributed by atoms with van der Waals surface area (Å²) in [4.78, 5) is 34.5. The van der Waals surface area contributed by atoms with Crippen LogP contribution in [0.15, 0.2) is 30.5 Å². The molecule has 40 heavy (non-hydrogen) atoms. The molecule has 4 N–H and O–H groups in total. The van der Waals surface area contributed by atoms with Crippen molar-refractivity contribution in [2.24, 2.45) is 0 Å². The predicted molar refractivity (Wildman–Crippen MR) is 149 cm³/mol. The zero-order valence-corrected chi connectivity index (χ0v) is 24.8. The summed E-state index contributed by atoms with van der Waals surface area (Å²) in [5, 5.41) is 14.9. The molecule has 0 bridgehead atoms. The number of nitrogens with zero attached hydrogens (tertiary/aromatic N) is 3. The topological polar surface area (TPSA) is 165 Å². The Kier molecular flexibility index (Phi) is 10.4. The zero-order chi connectivity index (χ0) is 29.7. The molecule has 2 aromatic heterocycles. The first kappa shape index (κ1) is 31.7. The van der Waals surface area contributed by atoms with Crippen molar-refractivity contribution in [2.75, 3.05) is 18.5 Å². The number of pyridine rings is 1. The number of phosphoric ester groups is 1. The molecular formula is C24H30ClFN5O7PS. The number of halogens is 2. The van der Waals surface area contributed by atoms with Gasteiger partial charge in [-0.15, -0.1) is 10.2 Å². The average Bonchev–Trinajstić information content (AvgIpc) is 3.31. The summed E-state index contributed by atoms with van der Waals surface area (Å²) < 4.78 is 41.2. The third-order valence-corrected chi connectivity index (χ3v) is 6.53. The highest BCUT2D eigenvalue weighted by atomic mass is 35.5. The van der Waals surface area contributed by atoms with Gasteiger partial charge in [0.05, 0.1) is 17.7 Å². The Morgan fingerprint density at radius 1 is 1.18 bits per heavy atom. The molecule has 0 aliphatic heterocycles. The minimum atomic E-state index is -4.85. The molecule has 3 aromatic rings. The number of hydrogen-bond acceptors (Lipinski definition) is 10. The molecule has 1 unspecified atom stereocenters. The molecule has 16 heteroatoms. The molecule has 0 saturated heterocycles. The quantitative estimate of drug-likeness (QED) is 0.207. The van der Waals surface area contributed by atoms with Gasteiger partial charge in [-0.05, 0) is 52.8 Å². The first-order valence-electron chi connectivity index (χ1n) is 12.0. The molecule has 0 aliphatic rings. The molecule has 0 saturated carbocycles. The Bertz CT molecular complexity index is 1360. The molecule has 12 nitrogen and oxygen atoms in total. The fourth-order valence-electron chi connectivity index (χ4n) is 3.14. The normalized spacial score (nSPS) is 12.8. The summed E-state index contributed by atoms with van der Waals surface area (Å²) in [6.45, 7) is 7.89. The number of phosphoric acid groups is 1. The lowest BCUT2D eigenvalue weighted by molar-refractivity contribution is 0.0452. The molecule has 3 rings (SSSR count). The molecule has 1 atom stereocenters. The number of anilines is 1. The van der Waals surface area contributed by atoms with E-state index in [1.165, 1.54) is 17.4 Å². The van der Waals surface area contributed by atoms with Crippen LogP contribution < -0.4 is 15.4 Å². The largest absolute Gasteiger partial charge is 0.488 e. The monoisotopic (exact) mass is 617 g/mol. The maximum Gasteiger partial charge on any atom is 0.469 e. The fourth-order valence-corrected chi connectivity index (χ4v) is 4.67. The molecule has 0 fully saturated rings. The number of alkyl carbamates (subject to hydrolysis) is 1. The van der Waals surface area contributed by atoms with Crippen molar-refractivity contribution >= 4 is 42.7 Å². The Hall–Kier alpha value is -2.87. The van der Waals surface area contributed by atoms with Gasteiger partial charge in [-0.3, -0.25) is 4.52 Å². The van der Waals surface area contributed by atoms with E-state index < -0.39 is 44.6 Å². The van der Waals surface area contributed by atoms with Gasteiger partial charge in [0.15, 0.2) is 11.6 Å². The second kappa shape index (κ2) is 13.2. The lowest BCUT2D eigenvalue weighted by atomic mass is 10.2. The summed E-state index contributed by atoms with van der Waals surface area (Å²) >= 11 is 7.61. The number of benzene rings is 1. The van der Waals surface area contributed by atoms with Crippen LogP contribution in [0.4, 0.5) is 15.0 Å². The van der Waals surface area contributed by atoms with Crippen LogP contribution in [-0.2, 0) is 13.8 Å². The van der Waals surface area contributed by atoms with Crippen LogP contribution in [0, 0.1) is 5.82 Å².